The molecular formula is C13H16N2O4. The minimum absolute atomic E-state index is 0.131. The van der Waals surface area contributed by atoms with E-state index in [2.05, 4.69) is 6.58 Å². The maximum absolute atomic E-state index is 12.2. The fraction of sp³-hybridized carbons (Fsp3) is 0.308. The third-order valence-electron chi connectivity index (χ3n) is 2.59. The molecule has 0 aliphatic heterocycles. The fourth-order valence-electron chi connectivity index (χ4n) is 1.67. The van der Waals surface area contributed by atoms with Crippen molar-refractivity contribution >= 4 is 17.7 Å². The van der Waals surface area contributed by atoms with Crippen LogP contribution in [0.15, 0.2) is 24.9 Å². The number of hydrogen-bond donors (Lipinski definition) is 1. The Kier molecular flexibility index (Phi) is 4.63. The summed E-state index contributed by atoms with van der Waals surface area (Å²) in [5.41, 5.74) is 0.688. The predicted octanol–water partition coefficient (Wildman–Crippen LogP) is 0.941. The van der Waals surface area contributed by atoms with Crippen LogP contribution in [0.2, 0.25) is 0 Å². The zero-order chi connectivity index (χ0) is 14.6. The zero-order valence-corrected chi connectivity index (χ0v) is 10.9. The van der Waals surface area contributed by atoms with Crippen LogP contribution in [0.25, 0.3) is 0 Å². The van der Waals surface area contributed by atoms with Gasteiger partial charge in [-0.2, -0.15) is 0 Å². The van der Waals surface area contributed by atoms with Crippen molar-refractivity contribution in [2.45, 2.75) is 6.92 Å². The number of aryl methyl sites for hydroxylation is 1. The number of amides is 1. The maximum atomic E-state index is 12.2. The number of carbonyl (C=O) groups excluding carboxylic acids is 2. The van der Waals surface area contributed by atoms with Crippen LogP contribution in [0.1, 0.15) is 27.8 Å². The van der Waals surface area contributed by atoms with Gasteiger partial charge in [-0.25, -0.2) is 0 Å². The average Bonchev–Trinajstić information content (AvgIpc) is 2.69. The van der Waals surface area contributed by atoms with Gasteiger partial charge in [0.1, 0.15) is 12.2 Å². The van der Waals surface area contributed by atoms with Crippen LogP contribution in [0.4, 0.5) is 0 Å². The number of aromatic nitrogens is 1. The van der Waals surface area contributed by atoms with E-state index >= 15 is 0 Å². The summed E-state index contributed by atoms with van der Waals surface area (Å²) in [4.78, 5) is 35.3. The molecule has 6 heteroatoms. The van der Waals surface area contributed by atoms with E-state index in [1.54, 1.807) is 13.2 Å². The van der Waals surface area contributed by atoms with E-state index < -0.39 is 18.4 Å². The molecule has 102 valence electrons. The van der Waals surface area contributed by atoms with Crippen molar-refractivity contribution in [2.24, 2.45) is 7.05 Å². The summed E-state index contributed by atoms with van der Waals surface area (Å²) < 4.78 is 1.51. The van der Waals surface area contributed by atoms with Gasteiger partial charge in [0.05, 0.1) is 0 Å². The largest absolute Gasteiger partial charge is 0.480 e. The van der Waals surface area contributed by atoms with E-state index in [0.717, 1.165) is 4.90 Å². The number of nitrogens with zero attached hydrogens (tertiary/aromatic N) is 2. The number of carboxylic acids is 1. The van der Waals surface area contributed by atoms with Gasteiger partial charge in [-0.3, -0.25) is 14.4 Å². The molecule has 0 aliphatic carbocycles. The molecular weight excluding hydrogens is 248 g/mol. The fourth-order valence-corrected chi connectivity index (χ4v) is 1.67. The van der Waals surface area contributed by atoms with Crippen LogP contribution in [0, 0.1) is 0 Å². The molecule has 1 rings (SSSR count). The monoisotopic (exact) mass is 264 g/mol. The van der Waals surface area contributed by atoms with Crippen molar-refractivity contribution in [1.29, 1.82) is 0 Å². The molecule has 0 saturated heterocycles. The van der Waals surface area contributed by atoms with Crippen molar-refractivity contribution in [3.05, 3.63) is 36.2 Å². The van der Waals surface area contributed by atoms with Crippen molar-refractivity contribution in [1.82, 2.24) is 9.47 Å². The highest BCUT2D eigenvalue weighted by Crippen LogP contribution is 2.11. The lowest BCUT2D eigenvalue weighted by atomic mass is 10.2. The standard InChI is InChI=1S/C13H16N2O4/c1-4-5-15(8-12(17)18)13(19)11-6-10(9(2)16)7-14(11)3/h4,6-7H,1,5,8H2,2-3H3,(H,17,18). The molecule has 19 heavy (non-hydrogen) atoms. The third-order valence-corrected chi connectivity index (χ3v) is 2.59. The Bertz CT molecular complexity index is 531. The number of ketones is 1. The highest BCUT2D eigenvalue weighted by Gasteiger charge is 2.21. The molecule has 1 amide bonds. The Morgan fingerprint density at radius 2 is 2.11 bits per heavy atom. The molecule has 6 nitrogen and oxygen atoms in total. The smallest absolute Gasteiger partial charge is 0.323 e. The van der Waals surface area contributed by atoms with Gasteiger partial charge in [-0.1, -0.05) is 6.08 Å². The SMILES string of the molecule is C=CCN(CC(=O)O)C(=O)c1cc(C(C)=O)cn1C. The number of carbonyl (C=O) groups is 3. The summed E-state index contributed by atoms with van der Waals surface area (Å²) in [7, 11) is 1.63. The lowest BCUT2D eigenvalue weighted by molar-refractivity contribution is -0.137. The van der Waals surface area contributed by atoms with E-state index in [-0.39, 0.29) is 18.0 Å². The van der Waals surface area contributed by atoms with Crippen molar-refractivity contribution in [2.75, 3.05) is 13.1 Å². The second kappa shape index (κ2) is 5.99. The normalized spacial score (nSPS) is 10.0. The van der Waals surface area contributed by atoms with E-state index in [0.29, 0.717) is 5.56 Å². The van der Waals surface area contributed by atoms with Crippen molar-refractivity contribution < 1.29 is 19.5 Å². The number of rotatable bonds is 6. The van der Waals surface area contributed by atoms with Gasteiger partial charge in [-0.05, 0) is 13.0 Å². The molecule has 0 aromatic carbocycles. The first-order valence-electron chi connectivity index (χ1n) is 5.66. The molecule has 0 bridgehead atoms. The summed E-state index contributed by atoms with van der Waals surface area (Å²) in [5.74, 6) is -1.70. The summed E-state index contributed by atoms with van der Waals surface area (Å²) in [6.07, 6.45) is 3.00. The molecule has 1 N–H and O–H groups in total. The van der Waals surface area contributed by atoms with Gasteiger partial charge >= 0.3 is 5.97 Å². The van der Waals surface area contributed by atoms with Gasteiger partial charge in [0.15, 0.2) is 5.78 Å². The van der Waals surface area contributed by atoms with Gasteiger partial charge in [0, 0.05) is 25.4 Å². The summed E-state index contributed by atoms with van der Waals surface area (Å²) in [6, 6.07) is 1.46. The lowest BCUT2D eigenvalue weighted by Gasteiger charge is -2.18. The number of Topliss-reactive ketones (excluding diaryl/α,β-unsaturated/α-hetero) is 1. The number of carboxylic acid groups (broad SMARTS) is 1. The van der Waals surface area contributed by atoms with Crippen LogP contribution in [-0.2, 0) is 11.8 Å². The Morgan fingerprint density at radius 1 is 1.47 bits per heavy atom. The molecule has 1 heterocycles. The summed E-state index contributed by atoms with van der Waals surface area (Å²) in [5, 5.41) is 8.78. The molecule has 1 aromatic heterocycles. The molecule has 0 unspecified atom stereocenters. The van der Waals surface area contributed by atoms with Crippen LogP contribution < -0.4 is 0 Å². The maximum Gasteiger partial charge on any atom is 0.323 e. The number of hydrogen-bond acceptors (Lipinski definition) is 3. The Labute approximate surface area is 110 Å². The minimum Gasteiger partial charge on any atom is -0.480 e. The lowest BCUT2D eigenvalue weighted by Crippen LogP contribution is -2.36. The van der Waals surface area contributed by atoms with E-state index in [4.69, 9.17) is 5.11 Å². The zero-order valence-electron chi connectivity index (χ0n) is 10.9. The Balaban J connectivity index is 3.05. The first-order valence-corrected chi connectivity index (χ1v) is 5.66. The minimum atomic E-state index is -1.10. The Morgan fingerprint density at radius 3 is 2.53 bits per heavy atom. The van der Waals surface area contributed by atoms with Crippen LogP contribution in [-0.4, -0.2) is 45.3 Å². The third kappa shape index (κ3) is 3.54. The first kappa shape index (κ1) is 14.7. The van der Waals surface area contributed by atoms with Crippen LogP contribution >= 0.6 is 0 Å². The molecule has 0 spiro atoms. The molecule has 0 atom stereocenters. The summed E-state index contributed by atoms with van der Waals surface area (Å²) >= 11 is 0. The summed E-state index contributed by atoms with van der Waals surface area (Å²) in [6.45, 7) is 4.62. The topological polar surface area (TPSA) is 79.6 Å². The second-order valence-corrected chi connectivity index (χ2v) is 4.15. The number of aliphatic carboxylic acids is 1. The molecule has 1 aromatic rings. The van der Waals surface area contributed by atoms with Gasteiger partial charge in [0.25, 0.3) is 5.91 Å². The quantitative estimate of drug-likeness (QED) is 0.612. The Hall–Kier alpha value is -2.37. The highest BCUT2D eigenvalue weighted by molar-refractivity contribution is 6.00. The van der Waals surface area contributed by atoms with Gasteiger partial charge in [-0.15, -0.1) is 6.58 Å². The molecule has 0 fully saturated rings. The first-order chi connectivity index (χ1) is 8.86. The van der Waals surface area contributed by atoms with E-state index in [1.807, 2.05) is 0 Å². The highest BCUT2D eigenvalue weighted by atomic mass is 16.4. The molecule has 0 radical (unpaired) electrons. The van der Waals surface area contributed by atoms with Crippen molar-refractivity contribution in [3.63, 3.8) is 0 Å². The average molecular weight is 264 g/mol. The van der Waals surface area contributed by atoms with E-state index in [1.165, 1.54) is 23.6 Å². The molecule has 0 aliphatic rings. The molecule has 0 saturated carbocycles. The van der Waals surface area contributed by atoms with Crippen LogP contribution in [0.3, 0.4) is 0 Å². The van der Waals surface area contributed by atoms with E-state index in [9.17, 15) is 14.4 Å². The van der Waals surface area contributed by atoms with Gasteiger partial charge in [0.2, 0.25) is 0 Å². The van der Waals surface area contributed by atoms with Gasteiger partial charge < -0.3 is 14.6 Å². The second-order valence-electron chi connectivity index (χ2n) is 4.15. The van der Waals surface area contributed by atoms with Crippen LogP contribution in [0.5, 0.6) is 0 Å². The predicted molar refractivity (Wildman–Crippen MR) is 69.2 cm³/mol. The van der Waals surface area contributed by atoms with Crippen molar-refractivity contribution in [3.8, 4) is 0 Å².